The molecule has 0 spiro atoms. The monoisotopic (exact) mass is 460 g/mol. The number of aromatic nitrogens is 1. The quantitative estimate of drug-likeness (QED) is 0.622. The number of carbonyl (C=O) groups excluding carboxylic acids is 3. The highest BCUT2D eigenvalue weighted by Gasteiger charge is 2.45. The molecule has 0 aliphatic carbocycles. The third-order valence-corrected chi connectivity index (χ3v) is 5.99. The van der Waals surface area contributed by atoms with Crippen molar-refractivity contribution in [2.45, 2.75) is 38.9 Å². The maximum absolute atomic E-state index is 14.0. The molecule has 33 heavy (non-hydrogen) atoms. The minimum atomic E-state index is -1.06. The van der Waals surface area contributed by atoms with Gasteiger partial charge in [0.1, 0.15) is 17.2 Å². The molecule has 1 aromatic carbocycles. The summed E-state index contributed by atoms with van der Waals surface area (Å²) in [5, 5.41) is 15.7. The second-order valence-corrected chi connectivity index (χ2v) is 8.06. The van der Waals surface area contributed by atoms with Crippen molar-refractivity contribution in [1.29, 1.82) is 0 Å². The van der Waals surface area contributed by atoms with E-state index in [-0.39, 0.29) is 36.1 Å². The lowest BCUT2D eigenvalue weighted by molar-refractivity contribution is -0.119. The standard InChI is InChI=1S/C22H22F2N4O5/c1-3-27-9-13-7-15(26-10(2)29)17-16(19(30)20(31)18(22(27)33)28(13)17)21(32)25-8-11-4-5-12(23)6-14(11)24/h4-6,13,15,31H,3,7-9H2,1-2H3,(H,25,32)(H,26,29)/t13?,15-/m1/s1. The Labute approximate surface area is 187 Å². The number of aromatic hydroxyl groups is 1. The summed E-state index contributed by atoms with van der Waals surface area (Å²) in [6.45, 7) is 3.35. The Hall–Kier alpha value is -3.76. The van der Waals surface area contributed by atoms with Crippen molar-refractivity contribution in [2.75, 3.05) is 13.1 Å². The summed E-state index contributed by atoms with van der Waals surface area (Å²) in [5.74, 6) is -4.35. The van der Waals surface area contributed by atoms with Gasteiger partial charge in [0.25, 0.3) is 11.8 Å². The highest BCUT2D eigenvalue weighted by molar-refractivity contribution is 6.00. The largest absolute Gasteiger partial charge is 0.503 e. The van der Waals surface area contributed by atoms with Crippen molar-refractivity contribution >= 4 is 17.7 Å². The predicted molar refractivity (Wildman–Crippen MR) is 112 cm³/mol. The smallest absolute Gasteiger partial charge is 0.274 e. The van der Waals surface area contributed by atoms with Gasteiger partial charge in [-0.05, 0) is 19.4 Å². The molecule has 2 aromatic rings. The Morgan fingerprint density at radius 3 is 2.61 bits per heavy atom. The zero-order chi connectivity index (χ0) is 24.0. The van der Waals surface area contributed by atoms with E-state index in [4.69, 9.17) is 0 Å². The van der Waals surface area contributed by atoms with Crippen LogP contribution in [0.25, 0.3) is 0 Å². The van der Waals surface area contributed by atoms with E-state index in [1.165, 1.54) is 16.4 Å². The minimum Gasteiger partial charge on any atom is -0.503 e. The van der Waals surface area contributed by atoms with Gasteiger partial charge in [0, 0.05) is 38.2 Å². The molecular formula is C22H22F2N4O5. The average molecular weight is 460 g/mol. The van der Waals surface area contributed by atoms with Gasteiger partial charge in [-0.25, -0.2) is 8.78 Å². The van der Waals surface area contributed by atoms with E-state index >= 15 is 0 Å². The predicted octanol–water partition coefficient (Wildman–Crippen LogP) is 1.36. The van der Waals surface area contributed by atoms with Gasteiger partial charge in [-0.15, -0.1) is 0 Å². The van der Waals surface area contributed by atoms with Crippen molar-refractivity contribution < 1.29 is 28.3 Å². The number of hydrogen-bond donors (Lipinski definition) is 3. The van der Waals surface area contributed by atoms with Crippen LogP contribution in [-0.2, 0) is 11.3 Å². The van der Waals surface area contributed by atoms with Gasteiger partial charge in [0.2, 0.25) is 11.3 Å². The van der Waals surface area contributed by atoms with Gasteiger partial charge in [-0.3, -0.25) is 19.2 Å². The number of nitrogens with one attached hydrogen (secondary N) is 2. The van der Waals surface area contributed by atoms with Crippen molar-refractivity contribution in [3.63, 3.8) is 0 Å². The molecular weight excluding hydrogens is 438 g/mol. The topological polar surface area (TPSA) is 121 Å². The molecule has 2 aliphatic heterocycles. The summed E-state index contributed by atoms with van der Waals surface area (Å²) in [5.41, 5.74) is -1.60. The molecule has 1 unspecified atom stereocenters. The van der Waals surface area contributed by atoms with E-state index in [9.17, 15) is 33.1 Å². The fraction of sp³-hybridized carbons (Fsp3) is 0.364. The molecule has 9 nitrogen and oxygen atoms in total. The number of halogens is 2. The second kappa shape index (κ2) is 8.30. The Kier molecular flexibility index (Phi) is 5.64. The number of hydrogen-bond acceptors (Lipinski definition) is 5. The summed E-state index contributed by atoms with van der Waals surface area (Å²) < 4.78 is 28.6. The molecule has 0 fully saturated rings. The van der Waals surface area contributed by atoms with Crippen LogP contribution in [0.4, 0.5) is 8.78 Å². The van der Waals surface area contributed by atoms with Crippen LogP contribution in [0.2, 0.25) is 0 Å². The van der Waals surface area contributed by atoms with E-state index < -0.39 is 52.1 Å². The molecule has 1 aromatic heterocycles. The molecule has 2 aliphatic rings. The van der Waals surface area contributed by atoms with E-state index in [0.717, 1.165) is 12.1 Å². The summed E-state index contributed by atoms with van der Waals surface area (Å²) in [6, 6.07) is 1.76. The van der Waals surface area contributed by atoms with Crippen LogP contribution in [-0.4, -0.2) is 45.4 Å². The zero-order valence-electron chi connectivity index (χ0n) is 17.9. The van der Waals surface area contributed by atoms with Crippen LogP contribution in [0.15, 0.2) is 23.0 Å². The fourth-order valence-electron chi connectivity index (χ4n) is 4.55. The number of rotatable bonds is 5. The normalized spacial score (nSPS) is 18.8. The molecule has 0 bridgehead atoms. The van der Waals surface area contributed by atoms with E-state index in [1.54, 1.807) is 6.92 Å². The Morgan fingerprint density at radius 1 is 1.24 bits per heavy atom. The first kappa shape index (κ1) is 22.4. The molecule has 0 saturated carbocycles. The van der Waals surface area contributed by atoms with Crippen molar-refractivity contribution in [3.05, 3.63) is 62.6 Å². The number of nitrogens with zero attached hydrogens (tertiary/aromatic N) is 2. The molecule has 0 radical (unpaired) electrons. The van der Waals surface area contributed by atoms with Gasteiger partial charge >= 0.3 is 0 Å². The first-order valence-corrected chi connectivity index (χ1v) is 10.4. The third kappa shape index (κ3) is 3.73. The van der Waals surface area contributed by atoms with Gasteiger partial charge in [-0.2, -0.15) is 0 Å². The number of pyridine rings is 1. The van der Waals surface area contributed by atoms with Gasteiger partial charge < -0.3 is 25.2 Å². The lowest BCUT2D eigenvalue weighted by Crippen LogP contribution is -2.44. The summed E-state index contributed by atoms with van der Waals surface area (Å²) in [7, 11) is 0. The second-order valence-electron chi connectivity index (χ2n) is 8.06. The molecule has 3 N–H and O–H groups in total. The Morgan fingerprint density at radius 2 is 1.97 bits per heavy atom. The van der Waals surface area contributed by atoms with Crippen LogP contribution in [0.1, 0.15) is 64.5 Å². The lowest BCUT2D eigenvalue weighted by Gasteiger charge is -2.33. The maximum Gasteiger partial charge on any atom is 0.274 e. The van der Waals surface area contributed by atoms with Crippen LogP contribution >= 0.6 is 0 Å². The summed E-state index contributed by atoms with van der Waals surface area (Å²) in [6.07, 6.45) is 0.312. The van der Waals surface area contributed by atoms with Crippen LogP contribution in [0.5, 0.6) is 5.75 Å². The molecule has 0 saturated heterocycles. The maximum atomic E-state index is 14.0. The van der Waals surface area contributed by atoms with Crippen LogP contribution < -0.4 is 16.1 Å². The highest BCUT2D eigenvalue weighted by Crippen LogP contribution is 2.42. The summed E-state index contributed by atoms with van der Waals surface area (Å²) in [4.78, 5) is 52.3. The van der Waals surface area contributed by atoms with E-state index in [0.29, 0.717) is 19.0 Å². The molecule has 3 heterocycles. The summed E-state index contributed by atoms with van der Waals surface area (Å²) >= 11 is 0. The average Bonchev–Trinajstić information content (AvgIpc) is 3.08. The van der Waals surface area contributed by atoms with Gasteiger partial charge in [0.05, 0.1) is 17.8 Å². The van der Waals surface area contributed by atoms with Crippen LogP contribution in [0.3, 0.4) is 0 Å². The van der Waals surface area contributed by atoms with E-state index in [2.05, 4.69) is 10.6 Å². The lowest BCUT2D eigenvalue weighted by atomic mass is 10.0. The third-order valence-electron chi connectivity index (χ3n) is 5.99. The molecule has 11 heteroatoms. The Balaban J connectivity index is 1.80. The van der Waals surface area contributed by atoms with Crippen molar-refractivity contribution in [1.82, 2.24) is 20.1 Å². The van der Waals surface area contributed by atoms with Gasteiger partial charge in [0.15, 0.2) is 11.4 Å². The SMILES string of the molecule is CCN1CC2C[C@@H](NC(C)=O)c3c(C(=O)NCc4ccc(F)cc4F)c(=O)c(O)c(n32)C1=O. The number of carbonyl (C=O) groups is 3. The fourth-order valence-corrected chi connectivity index (χ4v) is 4.55. The minimum absolute atomic E-state index is 0.00601. The first-order chi connectivity index (χ1) is 15.6. The van der Waals surface area contributed by atoms with Crippen molar-refractivity contribution in [3.8, 4) is 5.75 Å². The van der Waals surface area contributed by atoms with Gasteiger partial charge in [-0.1, -0.05) is 6.07 Å². The molecule has 4 rings (SSSR count). The zero-order valence-corrected chi connectivity index (χ0v) is 17.9. The van der Waals surface area contributed by atoms with Crippen molar-refractivity contribution in [2.24, 2.45) is 0 Å². The Bertz CT molecular complexity index is 1240. The molecule has 174 valence electrons. The molecule has 3 amide bonds. The number of likely N-dealkylation sites (N-methyl/N-ethyl adjacent to an activating group) is 1. The van der Waals surface area contributed by atoms with E-state index in [1.807, 2.05) is 0 Å². The molecule has 2 atom stereocenters. The number of benzene rings is 1. The highest BCUT2D eigenvalue weighted by atomic mass is 19.1. The van der Waals surface area contributed by atoms with Crippen LogP contribution in [0, 0.1) is 11.6 Å². The number of amides is 3. The first-order valence-electron chi connectivity index (χ1n) is 10.4.